The lowest BCUT2D eigenvalue weighted by molar-refractivity contribution is 0.00916. The van der Waals surface area contributed by atoms with E-state index in [-0.39, 0.29) is 12.4 Å². The number of hydrogen-bond donors (Lipinski definition) is 1. The van der Waals surface area contributed by atoms with Gasteiger partial charge in [0.15, 0.2) is 0 Å². The highest BCUT2D eigenvalue weighted by molar-refractivity contribution is 5.85. The lowest BCUT2D eigenvalue weighted by atomic mass is 10.0. The summed E-state index contributed by atoms with van der Waals surface area (Å²) in [5.41, 5.74) is 1.87. The van der Waals surface area contributed by atoms with Crippen molar-refractivity contribution in [3.63, 3.8) is 0 Å². The van der Waals surface area contributed by atoms with Crippen LogP contribution < -0.4 is 5.32 Å². The maximum atomic E-state index is 12.4. The predicted octanol–water partition coefficient (Wildman–Crippen LogP) is 3.38. The zero-order chi connectivity index (χ0) is 12.4. The third-order valence-electron chi connectivity index (χ3n) is 4.09. The Balaban J connectivity index is 0.00000133. The quantitative estimate of drug-likeness (QED) is 0.916. The van der Waals surface area contributed by atoms with E-state index >= 15 is 0 Å². The van der Waals surface area contributed by atoms with Crippen molar-refractivity contribution in [2.45, 2.75) is 57.2 Å². The molecule has 1 aromatic rings. The van der Waals surface area contributed by atoms with Gasteiger partial charge in [0.1, 0.15) is 6.67 Å². The summed E-state index contributed by atoms with van der Waals surface area (Å²) in [6.07, 6.45) is 5.27. The van der Waals surface area contributed by atoms with Crippen molar-refractivity contribution in [3.8, 4) is 0 Å². The van der Waals surface area contributed by atoms with Gasteiger partial charge >= 0.3 is 0 Å². The van der Waals surface area contributed by atoms with Crippen molar-refractivity contribution in [2.24, 2.45) is 0 Å². The van der Waals surface area contributed by atoms with Crippen LogP contribution in [0.3, 0.4) is 0 Å². The largest absolute Gasteiger partial charge is 0.373 e. The molecule has 0 saturated carbocycles. The van der Waals surface area contributed by atoms with E-state index in [0.29, 0.717) is 24.8 Å². The highest BCUT2D eigenvalue weighted by Gasteiger charge is 2.33. The molecule has 3 rings (SSSR count). The fourth-order valence-corrected chi connectivity index (χ4v) is 3.08. The Bertz CT molecular complexity index is 386. The third kappa shape index (κ3) is 3.68. The fourth-order valence-electron chi connectivity index (χ4n) is 3.08. The second kappa shape index (κ2) is 6.69. The van der Waals surface area contributed by atoms with Crippen molar-refractivity contribution in [2.75, 3.05) is 0 Å². The maximum absolute atomic E-state index is 12.4. The minimum atomic E-state index is -0.390. The summed E-state index contributed by atoms with van der Waals surface area (Å²) in [6, 6.07) is 8.94. The smallest absolute Gasteiger partial charge is 0.115 e. The number of fused-ring (bicyclic) bond motifs is 2. The zero-order valence-corrected chi connectivity index (χ0v) is 11.8. The van der Waals surface area contributed by atoms with Gasteiger partial charge in [0.05, 0.1) is 12.7 Å². The van der Waals surface area contributed by atoms with Crippen LogP contribution in [0.15, 0.2) is 24.3 Å². The first kappa shape index (κ1) is 14.8. The van der Waals surface area contributed by atoms with Gasteiger partial charge in [-0.15, -0.1) is 12.4 Å². The Morgan fingerprint density at radius 3 is 2.21 bits per heavy atom. The summed E-state index contributed by atoms with van der Waals surface area (Å²) >= 11 is 0. The van der Waals surface area contributed by atoms with Crippen LogP contribution in [0.2, 0.25) is 0 Å². The van der Waals surface area contributed by atoms with E-state index in [1.54, 1.807) is 0 Å². The SMILES string of the molecule is Cl.FCc1ccc(COC2CC3CCC(C2)N3)cc1. The molecule has 0 aliphatic carbocycles. The van der Waals surface area contributed by atoms with Gasteiger partial charge in [-0.1, -0.05) is 24.3 Å². The number of halogens is 2. The highest BCUT2D eigenvalue weighted by Crippen LogP contribution is 2.28. The monoisotopic (exact) mass is 285 g/mol. The molecule has 2 aliphatic heterocycles. The van der Waals surface area contributed by atoms with Gasteiger partial charge in [-0.2, -0.15) is 0 Å². The molecule has 1 aromatic carbocycles. The molecule has 2 saturated heterocycles. The van der Waals surface area contributed by atoms with Crippen LogP contribution in [0.1, 0.15) is 36.8 Å². The molecule has 2 atom stereocenters. The minimum absolute atomic E-state index is 0. The molecule has 0 radical (unpaired) electrons. The first-order valence-corrected chi connectivity index (χ1v) is 6.85. The van der Waals surface area contributed by atoms with E-state index in [0.717, 1.165) is 24.0 Å². The number of nitrogens with one attached hydrogen (secondary N) is 1. The molecule has 19 heavy (non-hydrogen) atoms. The van der Waals surface area contributed by atoms with Crippen LogP contribution >= 0.6 is 12.4 Å². The van der Waals surface area contributed by atoms with Crippen molar-refractivity contribution in [1.29, 1.82) is 0 Å². The molecule has 2 aliphatic rings. The van der Waals surface area contributed by atoms with Gasteiger partial charge in [0.2, 0.25) is 0 Å². The highest BCUT2D eigenvalue weighted by atomic mass is 35.5. The zero-order valence-electron chi connectivity index (χ0n) is 11.0. The molecule has 2 unspecified atom stereocenters. The number of benzene rings is 1. The van der Waals surface area contributed by atoms with Crippen LogP contribution in [-0.2, 0) is 18.0 Å². The van der Waals surface area contributed by atoms with Crippen LogP contribution in [0.25, 0.3) is 0 Å². The van der Waals surface area contributed by atoms with Gasteiger partial charge in [-0.3, -0.25) is 0 Å². The van der Waals surface area contributed by atoms with Crippen LogP contribution in [-0.4, -0.2) is 18.2 Å². The Morgan fingerprint density at radius 2 is 1.63 bits per heavy atom. The minimum Gasteiger partial charge on any atom is -0.373 e. The Hall–Kier alpha value is -0.640. The number of ether oxygens (including phenoxy) is 1. The van der Waals surface area contributed by atoms with E-state index in [9.17, 15) is 4.39 Å². The average molecular weight is 286 g/mol. The summed E-state index contributed by atoms with van der Waals surface area (Å²) in [6.45, 7) is 0.259. The molecule has 106 valence electrons. The van der Waals surface area contributed by atoms with Gasteiger partial charge < -0.3 is 10.1 Å². The number of alkyl halides is 1. The Kier molecular flexibility index (Phi) is 5.20. The fraction of sp³-hybridized carbons (Fsp3) is 0.600. The molecule has 2 nitrogen and oxygen atoms in total. The van der Waals surface area contributed by atoms with E-state index < -0.39 is 6.67 Å². The molecule has 2 fully saturated rings. The number of piperidine rings is 1. The predicted molar refractivity (Wildman–Crippen MR) is 76.3 cm³/mol. The summed E-state index contributed by atoms with van der Waals surface area (Å²) in [5, 5.41) is 3.61. The van der Waals surface area contributed by atoms with Crippen molar-refractivity contribution in [1.82, 2.24) is 5.32 Å². The molecule has 2 bridgehead atoms. The topological polar surface area (TPSA) is 21.3 Å². The first-order chi connectivity index (χ1) is 8.83. The Labute approximate surface area is 120 Å². The van der Waals surface area contributed by atoms with E-state index in [2.05, 4.69) is 5.32 Å². The van der Waals surface area contributed by atoms with Crippen molar-refractivity contribution >= 4 is 12.4 Å². The van der Waals surface area contributed by atoms with Gasteiger partial charge in [-0.05, 0) is 36.8 Å². The van der Waals surface area contributed by atoms with E-state index in [1.165, 1.54) is 12.8 Å². The second-order valence-corrected chi connectivity index (χ2v) is 5.49. The van der Waals surface area contributed by atoms with Crippen LogP contribution in [0.5, 0.6) is 0 Å². The summed E-state index contributed by atoms with van der Waals surface area (Å²) < 4.78 is 18.4. The molecule has 1 N–H and O–H groups in total. The molecule has 0 aromatic heterocycles. The summed E-state index contributed by atoms with van der Waals surface area (Å²) in [7, 11) is 0. The van der Waals surface area contributed by atoms with E-state index in [4.69, 9.17) is 4.74 Å². The second-order valence-electron chi connectivity index (χ2n) is 5.49. The summed E-state index contributed by atoms with van der Waals surface area (Å²) in [4.78, 5) is 0. The molecule has 4 heteroatoms. The maximum Gasteiger partial charge on any atom is 0.115 e. The van der Waals surface area contributed by atoms with Crippen LogP contribution in [0, 0.1) is 0 Å². The third-order valence-corrected chi connectivity index (χ3v) is 4.09. The van der Waals surface area contributed by atoms with Gasteiger partial charge in [0, 0.05) is 12.1 Å². The van der Waals surface area contributed by atoms with Crippen molar-refractivity contribution < 1.29 is 9.13 Å². The summed E-state index contributed by atoms with van der Waals surface area (Å²) in [5.74, 6) is 0. The molecule has 0 amide bonds. The van der Waals surface area contributed by atoms with Crippen molar-refractivity contribution in [3.05, 3.63) is 35.4 Å². The molecule has 2 heterocycles. The van der Waals surface area contributed by atoms with Crippen LogP contribution in [0.4, 0.5) is 4.39 Å². The Morgan fingerprint density at radius 1 is 1.05 bits per heavy atom. The standard InChI is InChI=1S/C15H20FNO.ClH/c16-9-11-1-3-12(4-2-11)10-18-15-7-13-5-6-14(8-15)17-13;/h1-4,13-15,17H,5-10H2;1H. The lowest BCUT2D eigenvalue weighted by Crippen LogP contribution is -2.41. The molecule has 0 spiro atoms. The lowest BCUT2D eigenvalue weighted by Gasteiger charge is -2.29. The average Bonchev–Trinajstić information content (AvgIpc) is 2.76. The normalized spacial score (nSPS) is 29.0. The molecular weight excluding hydrogens is 265 g/mol. The van der Waals surface area contributed by atoms with Gasteiger partial charge in [0.25, 0.3) is 0 Å². The van der Waals surface area contributed by atoms with E-state index in [1.807, 2.05) is 24.3 Å². The molecular formula is C15H21ClFNO. The first-order valence-electron chi connectivity index (χ1n) is 6.85. The number of rotatable bonds is 4. The van der Waals surface area contributed by atoms with Gasteiger partial charge in [-0.25, -0.2) is 4.39 Å². The number of hydrogen-bond acceptors (Lipinski definition) is 2.